The first-order chi connectivity index (χ1) is 13.8. The second kappa shape index (κ2) is 8.44. The number of thiocarbonyl (C=S) groups is 1. The third kappa shape index (κ3) is 4.29. The zero-order valence-electron chi connectivity index (χ0n) is 15.9. The number of ether oxygens (including phenoxy) is 2. The van der Waals surface area contributed by atoms with Crippen LogP contribution in [0.15, 0.2) is 47.7 Å². The van der Waals surface area contributed by atoms with Gasteiger partial charge >= 0.3 is 0 Å². The standard InChI is InChI=1S/C20H19F2N3O3S/c1-10-17(19(26)24-11-4-7-14(21)15(22)8-11)18(25-20(29)23-10)13-6-5-12(27-2)9-16(13)28-3/h4-9,18H,1-3H3,(H,24,26)(H2,23,25,29)/t18-/m1/s1. The van der Waals surface area contributed by atoms with E-state index < -0.39 is 23.6 Å². The van der Waals surface area contributed by atoms with Crippen molar-refractivity contribution in [3.63, 3.8) is 0 Å². The quantitative estimate of drug-likeness (QED) is 0.646. The lowest BCUT2D eigenvalue weighted by atomic mass is 9.94. The van der Waals surface area contributed by atoms with E-state index in [1.54, 1.807) is 25.1 Å². The van der Waals surface area contributed by atoms with Crippen LogP contribution in [0.5, 0.6) is 11.5 Å². The number of carbonyl (C=O) groups excluding carboxylic acids is 1. The molecule has 0 saturated heterocycles. The zero-order chi connectivity index (χ0) is 21.1. The normalized spacial score (nSPS) is 16.0. The molecule has 9 heteroatoms. The van der Waals surface area contributed by atoms with Gasteiger partial charge in [-0.2, -0.15) is 0 Å². The molecule has 0 aliphatic carbocycles. The Labute approximate surface area is 171 Å². The van der Waals surface area contributed by atoms with E-state index in [2.05, 4.69) is 16.0 Å². The molecule has 0 bridgehead atoms. The molecule has 0 aromatic heterocycles. The molecule has 3 N–H and O–H groups in total. The van der Waals surface area contributed by atoms with Gasteiger partial charge in [-0.1, -0.05) is 0 Å². The topological polar surface area (TPSA) is 71.6 Å². The Kier molecular flexibility index (Phi) is 5.97. The minimum Gasteiger partial charge on any atom is -0.497 e. The van der Waals surface area contributed by atoms with Crippen LogP contribution in [0.4, 0.5) is 14.5 Å². The summed E-state index contributed by atoms with van der Waals surface area (Å²) in [5.74, 6) is -1.46. The van der Waals surface area contributed by atoms with Crippen LogP contribution in [0.25, 0.3) is 0 Å². The number of halogens is 2. The Balaban J connectivity index is 2.00. The molecule has 0 saturated carbocycles. The summed E-state index contributed by atoms with van der Waals surface area (Å²) < 4.78 is 37.3. The molecule has 1 amide bonds. The molecule has 0 radical (unpaired) electrons. The first-order valence-electron chi connectivity index (χ1n) is 8.60. The van der Waals surface area contributed by atoms with E-state index in [0.717, 1.165) is 12.1 Å². The van der Waals surface area contributed by atoms with E-state index in [4.69, 9.17) is 21.7 Å². The minimum atomic E-state index is -1.05. The summed E-state index contributed by atoms with van der Waals surface area (Å²) in [4.78, 5) is 13.0. The maximum Gasteiger partial charge on any atom is 0.255 e. The van der Waals surface area contributed by atoms with Crippen LogP contribution in [0, 0.1) is 11.6 Å². The van der Waals surface area contributed by atoms with Crippen LogP contribution in [-0.2, 0) is 4.79 Å². The summed E-state index contributed by atoms with van der Waals surface area (Å²) in [6.07, 6.45) is 0. The van der Waals surface area contributed by atoms with E-state index in [-0.39, 0.29) is 5.69 Å². The summed E-state index contributed by atoms with van der Waals surface area (Å²) >= 11 is 5.24. The van der Waals surface area contributed by atoms with Gasteiger partial charge in [-0.3, -0.25) is 4.79 Å². The highest BCUT2D eigenvalue weighted by molar-refractivity contribution is 7.80. The molecule has 2 aromatic carbocycles. The number of hydrogen-bond acceptors (Lipinski definition) is 4. The van der Waals surface area contributed by atoms with Gasteiger partial charge in [-0.25, -0.2) is 8.78 Å². The Morgan fingerprint density at radius 3 is 2.52 bits per heavy atom. The highest BCUT2D eigenvalue weighted by Gasteiger charge is 2.32. The number of rotatable bonds is 5. The third-order valence-corrected chi connectivity index (χ3v) is 4.66. The summed E-state index contributed by atoms with van der Waals surface area (Å²) in [6.45, 7) is 1.70. The average Bonchev–Trinajstić information content (AvgIpc) is 2.69. The number of carbonyl (C=O) groups is 1. The van der Waals surface area contributed by atoms with Gasteiger partial charge in [-0.15, -0.1) is 0 Å². The Morgan fingerprint density at radius 1 is 1.10 bits per heavy atom. The molecular weight excluding hydrogens is 400 g/mol. The molecular formula is C20H19F2N3O3S. The molecule has 1 aliphatic heterocycles. The van der Waals surface area contributed by atoms with E-state index >= 15 is 0 Å². The zero-order valence-corrected chi connectivity index (χ0v) is 16.7. The van der Waals surface area contributed by atoms with Crippen molar-refractivity contribution in [2.24, 2.45) is 0 Å². The molecule has 29 heavy (non-hydrogen) atoms. The van der Waals surface area contributed by atoms with Crippen molar-refractivity contribution in [3.05, 3.63) is 64.9 Å². The molecule has 0 spiro atoms. The lowest BCUT2D eigenvalue weighted by Crippen LogP contribution is -2.45. The van der Waals surface area contributed by atoms with Crippen molar-refractivity contribution in [2.45, 2.75) is 13.0 Å². The maximum absolute atomic E-state index is 13.5. The van der Waals surface area contributed by atoms with Crippen molar-refractivity contribution in [1.82, 2.24) is 10.6 Å². The summed E-state index contributed by atoms with van der Waals surface area (Å²) in [5, 5.41) is 8.91. The second-order valence-electron chi connectivity index (χ2n) is 6.26. The SMILES string of the molecule is COc1ccc([C@H]2NC(=S)NC(C)=C2C(=O)Nc2ccc(F)c(F)c2)c(OC)c1. The summed E-state index contributed by atoms with van der Waals surface area (Å²) in [7, 11) is 3.05. The number of allylic oxidation sites excluding steroid dienone is 1. The molecule has 6 nitrogen and oxygen atoms in total. The second-order valence-corrected chi connectivity index (χ2v) is 6.67. The van der Waals surface area contributed by atoms with E-state index in [1.165, 1.54) is 20.3 Å². The van der Waals surface area contributed by atoms with E-state index in [0.29, 0.717) is 33.4 Å². The minimum absolute atomic E-state index is 0.128. The fourth-order valence-electron chi connectivity index (χ4n) is 3.06. The average molecular weight is 419 g/mol. The maximum atomic E-state index is 13.5. The van der Waals surface area contributed by atoms with Crippen LogP contribution in [-0.4, -0.2) is 25.2 Å². The van der Waals surface area contributed by atoms with E-state index in [9.17, 15) is 13.6 Å². The number of methoxy groups -OCH3 is 2. The van der Waals surface area contributed by atoms with Crippen molar-refractivity contribution < 1.29 is 23.0 Å². The molecule has 1 atom stereocenters. The monoisotopic (exact) mass is 419 g/mol. The fourth-order valence-corrected chi connectivity index (χ4v) is 3.33. The van der Waals surface area contributed by atoms with Gasteiger partial charge in [-0.05, 0) is 43.4 Å². The largest absolute Gasteiger partial charge is 0.497 e. The first-order valence-corrected chi connectivity index (χ1v) is 9.01. The Hall–Kier alpha value is -3.20. The van der Waals surface area contributed by atoms with Crippen molar-refractivity contribution >= 4 is 28.9 Å². The molecule has 152 valence electrons. The van der Waals surface area contributed by atoms with Crippen LogP contribution in [0.3, 0.4) is 0 Å². The van der Waals surface area contributed by atoms with Gasteiger partial charge in [0.1, 0.15) is 11.5 Å². The highest BCUT2D eigenvalue weighted by atomic mass is 32.1. The lowest BCUT2D eigenvalue weighted by Gasteiger charge is -2.31. The number of hydrogen-bond donors (Lipinski definition) is 3. The molecule has 3 rings (SSSR count). The summed E-state index contributed by atoms with van der Waals surface area (Å²) in [5.41, 5.74) is 1.64. The molecule has 1 heterocycles. The predicted molar refractivity (Wildman–Crippen MR) is 109 cm³/mol. The first kappa shape index (κ1) is 20.5. The van der Waals surface area contributed by atoms with Crippen molar-refractivity contribution in [1.29, 1.82) is 0 Å². The highest BCUT2D eigenvalue weighted by Crippen LogP contribution is 2.35. The van der Waals surface area contributed by atoms with Crippen LogP contribution >= 0.6 is 12.2 Å². The van der Waals surface area contributed by atoms with Crippen molar-refractivity contribution in [3.8, 4) is 11.5 Å². The third-order valence-electron chi connectivity index (χ3n) is 4.44. The predicted octanol–water partition coefficient (Wildman–Crippen LogP) is 3.41. The number of benzene rings is 2. The van der Waals surface area contributed by atoms with Gasteiger partial charge in [0.25, 0.3) is 5.91 Å². The number of nitrogens with one attached hydrogen (secondary N) is 3. The van der Waals surface area contributed by atoms with Crippen LogP contribution in [0.2, 0.25) is 0 Å². The molecule has 0 unspecified atom stereocenters. The molecule has 2 aromatic rings. The van der Waals surface area contributed by atoms with Gasteiger partial charge in [0.2, 0.25) is 0 Å². The lowest BCUT2D eigenvalue weighted by molar-refractivity contribution is -0.113. The van der Waals surface area contributed by atoms with E-state index in [1.807, 2.05) is 0 Å². The number of anilines is 1. The Bertz CT molecular complexity index is 1010. The van der Waals surface area contributed by atoms with Gasteiger partial charge in [0, 0.05) is 29.1 Å². The van der Waals surface area contributed by atoms with Crippen LogP contribution < -0.4 is 25.4 Å². The fraction of sp³-hybridized carbons (Fsp3) is 0.200. The van der Waals surface area contributed by atoms with Crippen LogP contribution in [0.1, 0.15) is 18.5 Å². The van der Waals surface area contributed by atoms with Gasteiger partial charge in [0.15, 0.2) is 16.7 Å². The smallest absolute Gasteiger partial charge is 0.255 e. The molecule has 0 fully saturated rings. The molecule has 1 aliphatic rings. The Morgan fingerprint density at radius 2 is 1.86 bits per heavy atom. The summed E-state index contributed by atoms with van der Waals surface area (Å²) in [6, 6.07) is 7.72. The number of amides is 1. The van der Waals surface area contributed by atoms with Gasteiger partial charge < -0.3 is 25.4 Å². The van der Waals surface area contributed by atoms with Gasteiger partial charge in [0.05, 0.1) is 25.8 Å². The van der Waals surface area contributed by atoms with Crippen molar-refractivity contribution in [2.75, 3.05) is 19.5 Å².